The highest BCUT2D eigenvalue weighted by Crippen LogP contribution is 2.26. The Morgan fingerprint density at radius 1 is 1.00 bits per heavy atom. The molecule has 110 valence electrons. The van der Waals surface area contributed by atoms with Crippen LogP contribution in [0.2, 0.25) is 0 Å². The van der Waals surface area contributed by atoms with Crippen molar-refractivity contribution in [3.8, 4) is 0 Å². The molecular weight excluding hydrogens is 256 g/mol. The SMILES string of the molecule is CCC(C)(C)c1ccc(C(=O)Cc2ccccc2C)cc1. The van der Waals surface area contributed by atoms with Crippen molar-refractivity contribution in [1.29, 1.82) is 0 Å². The summed E-state index contributed by atoms with van der Waals surface area (Å²) in [5.74, 6) is 0.185. The zero-order chi connectivity index (χ0) is 15.5. The number of hydrogen-bond donors (Lipinski definition) is 0. The molecule has 0 aliphatic rings. The van der Waals surface area contributed by atoms with Gasteiger partial charge in [0.1, 0.15) is 0 Å². The Morgan fingerprint density at radius 3 is 2.19 bits per heavy atom. The fourth-order valence-electron chi connectivity index (χ4n) is 2.39. The molecule has 2 rings (SSSR count). The predicted octanol–water partition coefficient (Wildman–Crippen LogP) is 5.11. The first-order valence-electron chi connectivity index (χ1n) is 7.62. The first-order valence-corrected chi connectivity index (χ1v) is 7.62. The summed E-state index contributed by atoms with van der Waals surface area (Å²) in [4.78, 5) is 12.4. The average molecular weight is 280 g/mol. The van der Waals surface area contributed by atoms with Crippen molar-refractivity contribution >= 4 is 5.78 Å². The molecule has 0 unspecified atom stereocenters. The molecule has 0 heterocycles. The van der Waals surface area contributed by atoms with Crippen molar-refractivity contribution in [1.82, 2.24) is 0 Å². The van der Waals surface area contributed by atoms with Gasteiger partial charge >= 0.3 is 0 Å². The molecule has 0 N–H and O–H groups in total. The molecule has 1 nitrogen and oxygen atoms in total. The molecule has 2 aromatic rings. The van der Waals surface area contributed by atoms with Crippen molar-refractivity contribution in [3.63, 3.8) is 0 Å². The largest absolute Gasteiger partial charge is 0.294 e. The van der Waals surface area contributed by atoms with Crippen LogP contribution in [0.3, 0.4) is 0 Å². The molecule has 2 aromatic carbocycles. The lowest BCUT2D eigenvalue weighted by Gasteiger charge is -2.23. The molecule has 0 saturated heterocycles. The molecular formula is C20H24O. The standard InChI is InChI=1S/C20H24O/c1-5-20(3,4)18-12-10-16(11-13-18)19(21)14-17-9-7-6-8-15(17)2/h6-13H,5,14H2,1-4H3. The molecule has 0 atom stereocenters. The van der Waals surface area contributed by atoms with Crippen LogP contribution >= 0.6 is 0 Å². The molecule has 0 aliphatic carbocycles. The van der Waals surface area contributed by atoms with Crippen LogP contribution in [0.1, 0.15) is 54.2 Å². The van der Waals surface area contributed by atoms with E-state index in [2.05, 4.69) is 45.9 Å². The Morgan fingerprint density at radius 2 is 1.62 bits per heavy atom. The lowest BCUT2D eigenvalue weighted by Crippen LogP contribution is -2.15. The third-order valence-electron chi connectivity index (χ3n) is 4.48. The summed E-state index contributed by atoms with van der Waals surface area (Å²) in [6.07, 6.45) is 1.56. The van der Waals surface area contributed by atoms with Gasteiger partial charge in [0, 0.05) is 12.0 Å². The number of hydrogen-bond acceptors (Lipinski definition) is 1. The summed E-state index contributed by atoms with van der Waals surface area (Å²) in [7, 11) is 0. The molecule has 0 fully saturated rings. The van der Waals surface area contributed by atoms with E-state index in [0.29, 0.717) is 6.42 Å². The molecule has 21 heavy (non-hydrogen) atoms. The van der Waals surface area contributed by atoms with Crippen molar-refractivity contribution < 1.29 is 4.79 Å². The highest BCUT2D eigenvalue weighted by Gasteiger charge is 2.18. The van der Waals surface area contributed by atoms with E-state index in [1.165, 1.54) is 11.1 Å². The van der Waals surface area contributed by atoms with Crippen LogP contribution in [0.4, 0.5) is 0 Å². The number of aryl methyl sites for hydroxylation is 1. The number of rotatable bonds is 5. The van der Waals surface area contributed by atoms with Gasteiger partial charge in [-0.05, 0) is 35.4 Å². The molecule has 0 aliphatic heterocycles. The Bertz CT molecular complexity index is 621. The van der Waals surface area contributed by atoms with E-state index >= 15 is 0 Å². The quantitative estimate of drug-likeness (QED) is 0.696. The van der Waals surface area contributed by atoms with E-state index in [4.69, 9.17) is 0 Å². The van der Waals surface area contributed by atoms with Gasteiger partial charge in [-0.15, -0.1) is 0 Å². The summed E-state index contributed by atoms with van der Waals surface area (Å²) in [6, 6.07) is 16.2. The van der Waals surface area contributed by atoms with Crippen LogP contribution in [-0.2, 0) is 11.8 Å². The van der Waals surface area contributed by atoms with Gasteiger partial charge in [-0.2, -0.15) is 0 Å². The van der Waals surface area contributed by atoms with Crippen LogP contribution in [-0.4, -0.2) is 5.78 Å². The maximum atomic E-state index is 12.4. The van der Waals surface area contributed by atoms with Crippen molar-refractivity contribution in [3.05, 3.63) is 70.8 Å². The second kappa shape index (κ2) is 6.26. The minimum atomic E-state index is 0.164. The summed E-state index contributed by atoms with van der Waals surface area (Å²) >= 11 is 0. The number of ketones is 1. The van der Waals surface area contributed by atoms with Crippen molar-refractivity contribution in [2.75, 3.05) is 0 Å². The fourth-order valence-corrected chi connectivity index (χ4v) is 2.39. The summed E-state index contributed by atoms with van der Waals surface area (Å²) in [5.41, 5.74) is 4.54. The minimum absolute atomic E-state index is 0.164. The smallest absolute Gasteiger partial charge is 0.167 e. The van der Waals surface area contributed by atoms with Crippen LogP contribution in [0.25, 0.3) is 0 Å². The molecule has 0 spiro atoms. The molecule has 0 amide bonds. The van der Waals surface area contributed by atoms with Crippen molar-refractivity contribution in [2.24, 2.45) is 0 Å². The summed E-state index contributed by atoms with van der Waals surface area (Å²) < 4.78 is 0. The Hall–Kier alpha value is -1.89. The lowest BCUT2D eigenvalue weighted by atomic mass is 9.82. The van der Waals surface area contributed by atoms with E-state index in [9.17, 15) is 4.79 Å². The van der Waals surface area contributed by atoms with Crippen LogP contribution in [0.5, 0.6) is 0 Å². The van der Waals surface area contributed by atoms with Crippen LogP contribution in [0, 0.1) is 6.92 Å². The molecule has 1 heteroatoms. The van der Waals surface area contributed by atoms with E-state index in [1.807, 2.05) is 30.3 Å². The third-order valence-corrected chi connectivity index (χ3v) is 4.48. The second-order valence-corrected chi connectivity index (χ2v) is 6.34. The second-order valence-electron chi connectivity index (χ2n) is 6.34. The van der Waals surface area contributed by atoms with Gasteiger partial charge in [-0.1, -0.05) is 69.3 Å². The monoisotopic (exact) mass is 280 g/mol. The first kappa shape index (κ1) is 15.5. The Balaban J connectivity index is 2.16. The minimum Gasteiger partial charge on any atom is -0.294 e. The maximum absolute atomic E-state index is 12.4. The van der Waals surface area contributed by atoms with E-state index < -0.39 is 0 Å². The van der Waals surface area contributed by atoms with Gasteiger partial charge in [0.2, 0.25) is 0 Å². The maximum Gasteiger partial charge on any atom is 0.167 e. The van der Waals surface area contributed by atoms with Crippen molar-refractivity contribution in [2.45, 2.75) is 46.0 Å². The van der Waals surface area contributed by atoms with Crippen LogP contribution < -0.4 is 0 Å². The van der Waals surface area contributed by atoms with Gasteiger partial charge in [-0.3, -0.25) is 4.79 Å². The molecule has 0 bridgehead atoms. The van der Waals surface area contributed by atoms with Crippen LogP contribution in [0.15, 0.2) is 48.5 Å². The fraction of sp³-hybridized carbons (Fsp3) is 0.350. The van der Waals surface area contributed by atoms with Gasteiger partial charge in [0.05, 0.1) is 0 Å². The Kier molecular flexibility index (Phi) is 4.62. The Labute approximate surface area is 128 Å². The topological polar surface area (TPSA) is 17.1 Å². The zero-order valence-electron chi connectivity index (χ0n) is 13.4. The van der Waals surface area contributed by atoms with E-state index in [0.717, 1.165) is 17.5 Å². The van der Waals surface area contributed by atoms with Gasteiger partial charge in [0.15, 0.2) is 5.78 Å². The zero-order valence-corrected chi connectivity index (χ0v) is 13.4. The highest BCUT2D eigenvalue weighted by molar-refractivity contribution is 5.97. The molecule has 0 aromatic heterocycles. The summed E-state index contributed by atoms with van der Waals surface area (Å²) in [5, 5.41) is 0. The highest BCUT2D eigenvalue weighted by atomic mass is 16.1. The number of benzene rings is 2. The van der Waals surface area contributed by atoms with Gasteiger partial charge < -0.3 is 0 Å². The normalized spacial score (nSPS) is 11.4. The van der Waals surface area contributed by atoms with E-state index in [1.54, 1.807) is 0 Å². The van der Waals surface area contributed by atoms with E-state index in [-0.39, 0.29) is 11.2 Å². The lowest BCUT2D eigenvalue weighted by molar-refractivity contribution is 0.0992. The number of carbonyl (C=O) groups is 1. The van der Waals surface area contributed by atoms with Gasteiger partial charge in [-0.25, -0.2) is 0 Å². The molecule has 0 saturated carbocycles. The number of carbonyl (C=O) groups excluding carboxylic acids is 1. The predicted molar refractivity (Wildman–Crippen MR) is 89.0 cm³/mol. The first-order chi connectivity index (χ1) is 9.94. The van der Waals surface area contributed by atoms with Gasteiger partial charge in [0.25, 0.3) is 0 Å². The molecule has 0 radical (unpaired) electrons. The third kappa shape index (κ3) is 3.60. The summed E-state index contributed by atoms with van der Waals surface area (Å²) in [6.45, 7) is 8.71. The average Bonchev–Trinajstić information content (AvgIpc) is 2.49. The number of Topliss-reactive ketones (excluding diaryl/α,β-unsaturated/α-hetero) is 1.